The van der Waals surface area contributed by atoms with Crippen molar-refractivity contribution >= 4 is 45.2 Å². The quantitative estimate of drug-likeness (QED) is 0.251. The van der Waals surface area contributed by atoms with E-state index in [4.69, 9.17) is 9.47 Å². The van der Waals surface area contributed by atoms with Crippen molar-refractivity contribution in [2.24, 2.45) is 0 Å². The minimum absolute atomic E-state index is 0.0744. The molecule has 0 spiro atoms. The molecule has 3 aromatic carbocycles. The molecule has 0 aliphatic heterocycles. The van der Waals surface area contributed by atoms with Crippen LogP contribution in [-0.2, 0) is 9.59 Å². The van der Waals surface area contributed by atoms with Gasteiger partial charge >= 0.3 is 0 Å². The Kier molecular flexibility index (Phi) is 9.25. The molecule has 2 N–H and O–H groups in total. The van der Waals surface area contributed by atoms with Crippen molar-refractivity contribution in [3.8, 4) is 17.6 Å². The molecule has 0 unspecified atom stereocenters. The van der Waals surface area contributed by atoms with Gasteiger partial charge in [0.05, 0.1) is 11.1 Å². The number of amides is 2. The maximum Gasteiger partial charge on any atom is 0.266 e. The van der Waals surface area contributed by atoms with Crippen molar-refractivity contribution in [2.75, 3.05) is 23.8 Å². The van der Waals surface area contributed by atoms with E-state index in [9.17, 15) is 14.9 Å². The molecule has 3 aromatic rings. The second-order valence-corrected chi connectivity index (χ2v) is 8.74. The van der Waals surface area contributed by atoms with E-state index >= 15 is 0 Å². The van der Waals surface area contributed by atoms with Crippen LogP contribution in [-0.4, -0.2) is 25.0 Å². The van der Waals surface area contributed by atoms with E-state index in [2.05, 4.69) is 26.6 Å². The number of anilines is 2. The maximum atomic E-state index is 12.6. The van der Waals surface area contributed by atoms with Crippen molar-refractivity contribution in [3.63, 3.8) is 0 Å². The summed E-state index contributed by atoms with van der Waals surface area (Å²) in [6.45, 7) is 5.92. The number of nitrogens with zero attached hydrogens (tertiary/aromatic N) is 1. The van der Waals surface area contributed by atoms with E-state index in [1.54, 1.807) is 36.4 Å². The first-order valence-electron chi connectivity index (χ1n) is 11.2. The van der Waals surface area contributed by atoms with Crippen LogP contribution in [0.4, 0.5) is 11.4 Å². The van der Waals surface area contributed by atoms with Crippen LogP contribution in [0.1, 0.15) is 23.6 Å². The number of hydrogen-bond donors (Lipinski definition) is 2. The van der Waals surface area contributed by atoms with Gasteiger partial charge in [0.25, 0.3) is 11.8 Å². The van der Waals surface area contributed by atoms with Crippen LogP contribution in [0, 0.1) is 25.2 Å². The van der Waals surface area contributed by atoms with Gasteiger partial charge in [-0.15, -0.1) is 0 Å². The van der Waals surface area contributed by atoms with Gasteiger partial charge in [-0.2, -0.15) is 5.26 Å². The molecule has 8 heteroatoms. The maximum absolute atomic E-state index is 12.6. The minimum Gasteiger partial charge on any atom is -0.490 e. The van der Waals surface area contributed by atoms with Crippen LogP contribution >= 0.6 is 15.9 Å². The van der Waals surface area contributed by atoms with Crippen LogP contribution in [0.2, 0.25) is 0 Å². The largest absolute Gasteiger partial charge is 0.490 e. The molecule has 0 radical (unpaired) electrons. The van der Waals surface area contributed by atoms with Gasteiger partial charge in [-0.1, -0.05) is 24.3 Å². The number of para-hydroxylation sites is 1. The minimum atomic E-state index is -0.527. The Labute approximate surface area is 218 Å². The summed E-state index contributed by atoms with van der Waals surface area (Å²) in [5, 5.41) is 15.1. The fraction of sp³-hybridized carbons (Fsp3) is 0.179. The van der Waals surface area contributed by atoms with Gasteiger partial charge in [0.2, 0.25) is 0 Å². The molecule has 0 bridgehead atoms. The molecule has 7 nitrogen and oxygen atoms in total. The molecule has 0 aliphatic carbocycles. The highest BCUT2D eigenvalue weighted by atomic mass is 79.9. The average molecular weight is 548 g/mol. The van der Waals surface area contributed by atoms with Crippen LogP contribution in [0.25, 0.3) is 6.08 Å². The molecule has 0 aromatic heterocycles. The third-order valence-electron chi connectivity index (χ3n) is 5.18. The zero-order valence-electron chi connectivity index (χ0n) is 20.2. The van der Waals surface area contributed by atoms with E-state index < -0.39 is 5.91 Å². The lowest BCUT2D eigenvalue weighted by Crippen LogP contribution is -2.20. The molecule has 36 heavy (non-hydrogen) atoms. The highest BCUT2D eigenvalue weighted by Gasteiger charge is 2.16. The number of halogens is 1. The summed E-state index contributed by atoms with van der Waals surface area (Å²) in [6, 6.07) is 19.8. The van der Waals surface area contributed by atoms with Crippen LogP contribution in [0.5, 0.6) is 11.5 Å². The summed E-state index contributed by atoms with van der Waals surface area (Å²) < 4.78 is 12.0. The predicted octanol–water partition coefficient (Wildman–Crippen LogP) is 6.03. The van der Waals surface area contributed by atoms with Crippen molar-refractivity contribution in [3.05, 3.63) is 87.4 Å². The molecule has 0 saturated carbocycles. The SMILES string of the molecule is CCOc1cc(/C=C(\C#N)C(=O)Nc2ccccc2)cc(Br)c1OCC(=O)Nc1ccc(C)c(C)c1. The van der Waals surface area contributed by atoms with Gasteiger partial charge in [-0.05, 0) is 95.9 Å². The number of ether oxygens (including phenoxy) is 2. The zero-order chi connectivity index (χ0) is 26.1. The Morgan fingerprint density at radius 1 is 0.972 bits per heavy atom. The summed E-state index contributed by atoms with van der Waals surface area (Å²) in [5.74, 6) is -0.128. The number of hydrogen-bond acceptors (Lipinski definition) is 5. The van der Waals surface area contributed by atoms with Gasteiger partial charge in [-0.3, -0.25) is 9.59 Å². The highest BCUT2D eigenvalue weighted by molar-refractivity contribution is 9.10. The van der Waals surface area contributed by atoms with Crippen LogP contribution in [0.3, 0.4) is 0 Å². The van der Waals surface area contributed by atoms with Crippen molar-refractivity contribution in [2.45, 2.75) is 20.8 Å². The van der Waals surface area contributed by atoms with E-state index in [1.807, 2.05) is 51.1 Å². The lowest BCUT2D eigenvalue weighted by atomic mass is 10.1. The second kappa shape index (κ2) is 12.6. The Morgan fingerprint density at radius 3 is 2.39 bits per heavy atom. The zero-order valence-corrected chi connectivity index (χ0v) is 21.8. The Morgan fingerprint density at radius 2 is 1.72 bits per heavy atom. The van der Waals surface area contributed by atoms with E-state index in [1.165, 1.54) is 6.08 Å². The van der Waals surface area contributed by atoms with Gasteiger partial charge in [0.15, 0.2) is 18.1 Å². The lowest BCUT2D eigenvalue weighted by molar-refractivity contribution is -0.118. The average Bonchev–Trinajstić information content (AvgIpc) is 2.85. The molecular formula is C28H26BrN3O4. The first-order chi connectivity index (χ1) is 17.3. The molecule has 0 saturated heterocycles. The normalized spacial score (nSPS) is 10.8. The Hall–Kier alpha value is -4.09. The van der Waals surface area contributed by atoms with E-state index in [0.717, 1.165) is 11.1 Å². The third-order valence-corrected chi connectivity index (χ3v) is 5.77. The lowest BCUT2D eigenvalue weighted by Gasteiger charge is -2.15. The topological polar surface area (TPSA) is 100 Å². The van der Waals surface area contributed by atoms with Gasteiger partial charge < -0.3 is 20.1 Å². The number of nitrogens with one attached hydrogen (secondary N) is 2. The molecule has 0 heterocycles. The fourth-order valence-corrected chi connectivity index (χ4v) is 3.84. The number of aryl methyl sites for hydroxylation is 2. The Bertz CT molecular complexity index is 1330. The molecule has 0 fully saturated rings. The first kappa shape index (κ1) is 26.5. The standard InChI is InChI=1S/C28H26BrN3O4/c1-4-35-25-15-20(13-21(16-30)28(34)32-22-8-6-5-7-9-22)14-24(29)27(25)36-17-26(33)31-23-11-10-18(2)19(3)12-23/h5-15H,4,17H2,1-3H3,(H,31,33)(H,32,34)/b21-13+. The smallest absolute Gasteiger partial charge is 0.266 e. The molecule has 2 amide bonds. The molecular weight excluding hydrogens is 522 g/mol. The number of carbonyl (C=O) groups is 2. The third kappa shape index (κ3) is 7.20. The number of benzene rings is 3. The summed E-state index contributed by atoms with van der Waals surface area (Å²) in [6.07, 6.45) is 1.46. The number of carbonyl (C=O) groups excluding carboxylic acids is 2. The first-order valence-corrected chi connectivity index (χ1v) is 12.0. The van der Waals surface area contributed by atoms with Gasteiger partial charge in [0.1, 0.15) is 11.6 Å². The summed E-state index contributed by atoms with van der Waals surface area (Å²) in [4.78, 5) is 25.0. The van der Waals surface area contributed by atoms with E-state index in [0.29, 0.717) is 39.5 Å². The van der Waals surface area contributed by atoms with Crippen LogP contribution in [0.15, 0.2) is 70.7 Å². The van der Waals surface area contributed by atoms with E-state index in [-0.39, 0.29) is 18.1 Å². The summed E-state index contributed by atoms with van der Waals surface area (Å²) in [7, 11) is 0. The van der Waals surface area contributed by atoms with Crippen molar-refractivity contribution in [1.29, 1.82) is 5.26 Å². The highest BCUT2D eigenvalue weighted by Crippen LogP contribution is 2.37. The Balaban J connectivity index is 1.76. The molecule has 184 valence electrons. The van der Waals surface area contributed by atoms with Gasteiger partial charge in [0, 0.05) is 11.4 Å². The number of nitriles is 1. The predicted molar refractivity (Wildman–Crippen MR) is 144 cm³/mol. The van der Waals surface area contributed by atoms with Gasteiger partial charge in [-0.25, -0.2) is 0 Å². The summed E-state index contributed by atoms with van der Waals surface area (Å²) in [5.41, 5.74) is 3.97. The molecule has 0 atom stereocenters. The number of rotatable bonds is 9. The fourth-order valence-electron chi connectivity index (χ4n) is 3.26. The van der Waals surface area contributed by atoms with Crippen molar-refractivity contribution < 1.29 is 19.1 Å². The summed E-state index contributed by atoms with van der Waals surface area (Å²) >= 11 is 3.46. The molecule has 0 aliphatic rings. The second-order valence-electron chi connectivity index (χ2n) is 7.89. The molecule has 3 rings (SSSR count). The monoisotopic (exact) mass is 547 g/mol. The van der Waals surface area contributed by atoms with Crippen molar-refractivity contribution in [1.82, 2.24) is 0 Å². The van der Waals surface area contributed by atoms with Crippen LogP contribution < -0.4 is 20.1 Å².